The van der Waals surface area contributed by atoms with E-state index in [0.717, 1.165) is 27.4 Å². The molecule has 1 aromatic heterocycles. The number of thioether (sulfide) groups is 1. The minimum Gasteiger partial charge on any atom is -0.332 e. The number of thiophene rings is 1. The van der Waals surface area contributed by atoms with E-state index in [0.29, 0.717) is 13.1 Å². The molecule has 1 atom stereocenters. The Hall–Kier alpha value is -2.77. The van der Waals surface area contributed by atoms with Gasteiger partial charge in [0.15, 0.2) is 0 Å². The first-order valence-corrected chi connectivity index (χ1v) is 13.5. The van der Waals surface area contributed by atoms with Crippen LogP contribution in [0.3, 0.4) is 0 Å². The molecule has 1 heterocycles. The van der Waals surface area contributed by atoms with Gasteiger partial charge in [-0.15, -0.1) is 23.1 Å². The molecule has 3 amide bonds. The zero-order valence-corrected chi connectivity index (χ0v) is 21.9. The third kappa shape index (κ3) is 7.37. The maximum absolute atomic E-state index is 13.5. The molecule has 3 rings (SSSR count). The molecular formula is C27H33N3O2S2. The Labute approximate surface area is 211 Å². The number of amides is 3. The summed E-state index contributed by atoms with van der Waals surface area (Å²) >= 11 is 3.35. The molecule has 180 valence electrons. The number of aryl methyl sites for hydroxylation is 1. The van der Waals surface area contributed by atoms with E-state index < -0.39 is 0 Å². The minimum atomic E-state index is -0.258. The number of anilines is 1. The van der Waals surface area contributed by atoms with E-state index >= 15 is 0 Å². The minimum absolute atomic E-state index is 0.0287. The number of benzene rings is 2. The van der Waals surface area contributed by atoms with Crippen LogP contribution in [0.25, 0.3) is 0 Å². The summed E-state index contributed by atoms with van der Waals surface area (Å²) in [7, 11) is 0. The van der Waals surface area contributed by atoms with Gasteiger partial charge in [0.2, 0.25) is 5.91 Å². The first-order valence-electron chi connectivity index (χ1n) is 11.5. The summed E-state index contributed by atoms with van der Waals surface area (Å²) in [4.78, 5) is 33.7. The quantitative estimate of drug-likeness (QED) is 0.321. The Bertz CT molecular complexity index is 1070. The highest BCUT2D eigenvalue weighted by atomic mass is 32.2. The van der Waals surface area contributed by atoms with E-state index in [2.05, 4.69) is 24.4 Å². The third-order valence-corrected chi connectivity index (χ3v) is 7.47. The van der Waals surface area contributed by atoms with Crippen LogP contribution in [-0.2, 0) is 17.9 Å². The van der Waals surface area contributed by atoms with Crippen molar-refractivity contribution in [1.82, 2.24) is 9.80 Å². The highest BCUT2D eigenvalue weighted by Gasteiger charge is 2.25. The Morgan fingerprint density at radius 2 is 1.71 bits per heavy atom. The van der Waals surface area contributed by atoms with Gasteiger partial charge in [0.05, 0.1) is 6.54 Å². The first kappa shape index (κ1) is 25.8. The maximum Gasteiger partial charge on any atom is 0.322 e. The van der Waals surface area contributed by atoms with Crippen molar-refractivity contribution in [2.75, 3.05) is 18.1 Å². The molecule has 0 saturated carbocycles. The Balaban J connectivity index is 1.76. The van der Waals surface area contributed by atoms with Gasteiger partial charge in [0.25, 0.3) is 0 Å². The number of carbonyl (C=O) groups excluding carboxylic acids is 2. The molecule has 7 heteroatoms. The molecule has 0 spiro atoms. The number of hydrogen-bond donors (Lipinski definition) is 1. The van der Waals surface area contributed by atoms with E-state index in [-0.39, 0.29) is 24.5 Å². The first-order chi connectivity index (χ1) is 16.4. The van der Waals surface area contributed by atoms with Crippen LogP contribution in [0.4, 0.5) is 10.5 Å². The van der Waals surface area contributed by atoms with Crippen molar-refractivity contribution in [2.24, 2.45) is 0 Å². The number of carbonyl (C=O) groups is 2. The molecule has 0 aliphatic carbocycles. The predicted octanol–water partition coefficient (Wildman–Crippen LogP) is 6.64. The van der Waals surface area contributed by atoms with Crippen molar-refractivity contribution >= 4 is 40.7 Å². The molecule has 1 unspecified atom stereocenters. The van der Waals surface area contributed by atoms with Crippen LogP contribution >= 0.6 is 23.1 Å². The molecule has 5 nitrogen and oxygen atoms in total. The Morgan fingerprint density at radius 1 is 1.00 bits per heavy atom. The lowest BCUT2D eigenvalue weighted by molar-refractivity contribution is -0.133. The lowest BCUT2D eigenvalue weighted by Gasteiger charge is -2.31. The number of rotatable bonds is 10. The molecule has 0 bridgehead atoms. The third-order valence-electron chi connectivity index (χ3n) is 5.74. The molecule has 1 N–H and O–H groups in total. The Morgan fingerprint density at radius 3 is 2.29 bits per heavy atom. The maximum atomic E-state index is 13.5. The molecule has 2 aromatic carbocycles. The van der Waals surface area contributed by atoms with Gasteiger partial charge in [0, 0.05) is 32.9 Å². The van der Waals surface area contributed by atoms with Gasteiger partial charge in [-0.2, -0.15) is 0 Å². The lowest BCUT2D eigenvalue weighted by atomic mass is 10.2. The fraction of sp³-hybridized carbons (Fsp3) is 0.333. The second-order valence-corrected chi connectivity index (χ2v) is 10.5. The standard InChI is InChI=1S/C27H33N3O2S2/c1-5-20(2)30(27(32)28-23-12-15-24(33-4)16-13-23)19-26(31)29(17-22-9-7-6-8-10-22)18-25-14-11-21(3)34-25/h6-16,20H,5,17-19H2,1-4H3,(H,28,32). The second-order valence-electron chi connectivity index (χ2n) is 8.29. The van der Waals surface area contributed by atoms with Crippen LogP contribution < -0.4 is 5.32 Å². The fourth-order valence-corrected chi connectivity index (χ4v) is 4.87. The molecule has 0 saturated heterocycles. The van der Waals surface area contributed by atoms with Gasteiger partial charge in [-0.05, 0) is 68.5 Å². The summed E-state index contributed by atoms with van der Waals surface area (Å²) in [6.45, 7) is 7.13. The number of hydrogen-bond acceptors (Lipinski definition) is 4. The number of nitrogens with one attached hydrogen (secondary N) is 1. The van der Waals surface area contributed by atoms with Crippen molar-refractivity contribution in [1.29, 1.82) is 0 Å². The molecule has 0 aliphatic rings. The van der Waals surface area contributed by atoms with E-state index in [1.54, 1.807) is 28.0 Å². The van der Waals surface area contributed by atoms with Crippen LogP contribution in [0.5, 0.6) is 0 Å². The van der Waals surface area contributed by atoms with E-state index in [4.69, 9.17) is 0 Å². The van der Waals surface area contributed by atoms with Gasteiger partial charge in [-0.1, -0.05) is 37.3 Å². The molecule has 34 heavy (non-hydrogen) atoms. The van der Waals surface area contributed by atoms with Crippen LogP contribution in [0, 0.1) is 6.92 Å². The highest BCUT2D eigenvalue weighted by Crippen LogP contribution is 2.21. The van der Waals surface area contributed by atoms with Gasteiger partial charge >= 0.3 is 6.03 Å². The zero-order chi connectivity index (χ0) is 24.5. The summed E-state index contributed by atoms with van der Waals surface area (Å²) in [5.41, 5.74) is 1.79. The topological polar surface area (TPSA) is 52.7 Å². The number of nitrogens with zero attached hydrogens (tertiary/aromatic N) is 2. The second kappa shape index (κ2) is 12.6. The van der Waals surface area contributed by atoms with Crippen molar-refractivity contribution in [3.05, 3.63) is 82.0 Å². The lowest BCUT2D eigenvalue weighted by Crippen LogP contribution is -2.47. The van der Waals surface area contributed by atoms with Crippen molar-refractivity contribution in [3.63, 3.8) is 0 Å². The van der Waals surface area contributed by atoms with E-state index in [1.165, 1.54) is 4.88 Å². The summed E-state index contributed by atoms with van der Waals surface area (Å²) < 4.78 is 0. The van der Waals surface area contributed by atoms with E-state index in [9.17, 15) is 9.59 Å². The van der Waals surface area contributed by atoms with Crippen LogP contribution in [0.2, 0.25) is 0 Å². The molecular weight excluding hydrogens is 462 g/mol. The SMILES string of the molecule is CCC(C)N(CC(=O)N(Cc1ccccc1)Cc1ccc(C)s1)C(=O)Nc1ccc(SC)cc1. The summed E-state index contributed by atoms with van der Waals surface area (Å²) in [5.74, 6) is -0.0666. The molecule has 0 aliphatic heterocycles. The van der Waals surface area contributed by atoms with Crippen molar-refractivity contribution in [2.45, 2.75) is 51.2 Å². The van der Waals surface area contributed by atoms with Gasteiger partial charge < -0.3 is 15.1 Å². The summed E-state index contributed by atoms with van der Waals surface area (Å²) in [6.07, 6.45) is 2.78. The van der Waals surface area contributed by atoms with Gasteiger partial charge in [0.1, 0.15) is 6.54 Å². The molecule has 3 aromatic rings. The van der Waals surface area contributed by atoms with Crippen molar-refractivity contribution in [3.8, 4) is 0 Å². The smallest absolute Gasteiger partial charge is 0.322 e. The largest absolute Gasteiger partial charge is 0.332 e. The predicted molar refractivity (Wildman–Crippen MR) is 143 cm³/mol. The fourth-order valence-electron chi connectivity index (χ4n) is 3.56. The van der Waals surface area contributed by atoms with Crippen LogP contribution in [0.15, 0.2) is 71.6 Å². The molecule has 0 radical (unpaired) electrons. The van der Waals surface area contributed by atoms with Crippen LogP contribution in [0.1, 0.15) is 35.6 Å². The van der Waals surface area contributed by atoms with Crippen LogP contribution in [-0.4, -0.2) is 40.6 Å². The average Bonchev–Trinajstić information content (AvgIpc) is 3.27. The Kier molecular flexibility index (Phi) is 9.60. The number of urea groups is 1. The summed E-state index contributed by atoms with van der Waals surface area (Å²) in [5, 5.41) is 2.96. The highest BCUT2D eigenvalue weighted by molar-refractivity contribution is 7.98. The van der Waals surface area contributed by atoms with Gasteiger partial charge in [-0.3, -0.25) is 4.79 Å². The van der Waals surface area contributed by atoms with E-state index in [1.807, 2.05) is 79.6 Å². The monoisotopic (exact) mass is 495 g/mol. The van der Waals surface area contributed by atoms with Crippen molar-refractivity contribution < 1.29 is 9.59 Å². The normalized spacial score (nSPS) is 11.6. The average molecular weight is 496 g/mol. The molecule has 0 fully saturated rings. The van der Waals surface area contributed by atoms with Gasteiger partial charge in [-0.25, -0.2) is 4.79 Å². The summed E-state index contributed by atoms with van der Waals surface area (Å²) in [6, 6.07) is 21.5. The zero-order valence-electron chi connectivity index (χ0n) is 20.3.